The maximum atomic E-state index is 12.4. The summed E-state index contributed by atoms with van der Waals surface area (Å²) in [4.78, 5) is 4.16. The number of benzene rings is 1. The molecule has 7 heteroatoms. The third-order valence-electron chi connectivity index (χ3n) is 2.86. The number of sulfonamides is 1. The number of pyridine rings is 1. The standard InChI is InChI=1S/C14H16ClN3O2S/c1-9-5-10(2)17-14(6-9)18-21(19,20)13-4-3-11(8-16)7-12(13)15/h3-7H,8,16H2,1-2H3,(H,17,18). The van der Waals surface area contributed by atoms with Gasteiger partial charge in [0.2, 0.25) is 0 Å². The van der Waals surface area contributed by atoms with Crippen molar-refractivity contribution in [2.75, 3.05) is 4.72 Å². The number of aryl methyl sites for hydroxylation is 2. The van der Waals surface area contributed by atoms with Crippen LogP contribution in [0.25, 0.3) is 0 Å². The summed E-state index contributed by atoms with van der Waals surface area (Å²) in [6.07, 6.45) is 0. The molecule has 0 saturated heterocycles. The second kappa shape index (κ2) is 6.01. The Morgan fingerprint density at radius 2 is 1.95 bits per heavy atom. The maximum absolute atomic E-state index is 12.4. The number of nitrogens with zero attached hydrogens (tertiary/aromatic N) is 1. The molecule has 1 aromatic carbocycles. The van der Waals surface area contributed by atoms with Crippen molar-refractivity contribution in [3.05, 3.63) is 52.2 Å². The Kier molecular flexibility index (Phi) is 4.51. The van der Waals surface area contributed by atoms with Crippen LogP contribution in [0.2, 0.25) is 5.02 Å². The number of rotatable bonds is 4. The zero-order valence-electron chi connectivity index (χ0n) is 11.7. The lowest BCUT2D eigenvalue weighted by Crippen LogP contribution is -2.15. The highest BCUT2D eigenvalue weighted by Crippen LogP contribution is 2.24. The Labute approximate surface area is 129 Å². The molecule has 0 fully saturated rings. The lowest BCUT2D eigenvalue weighted by molar-refractivity contribution is 0.601. The van der Waals surface area contributed by atoms with Crippen LogP contribution in [-0.2, 0) is 16.6 Å². The van der Waals surface area contributed by atoms with Crippen LogP contribution in [0.5, 0.6) is 0 Å². The topological polar surface area (TPSA) is 85.1 Å². The first kappa shape index (κ1) is 15.8. The first-order chi connectivity index (χ1) is 9.81. The third-order valence-corrected chi connectivity index (χ3v) is 4.70. The van der Waals surface area contributed by atoms with Crippen LogP contribution in [0.15, 0.2) is 35.2 Å². The molecule has 0 aliphatic heterocycles. The molecule has 5 nitrogen and oxygen atoms in total. The quantitative estimate of drug-likeness (QED) is 0.904. The van der Waals surface area contributed by atoms with Crippen molar-refractivity contribution < 1.29 is 8.42 Å². The largest absolute Gasteiger partial charge is 0.326 e. The lowest BCUT2D eigenvalue weighted by Gasteiger charge is -2.11. The minimum atomic E-state index is -3.79. The Hall–Kier alpha value is -1.63. The molecule has 2 aromatic rings. The van der Waals surface area contributed by atoms with Gasteiger partial charge in [-0.3, -0.25) is 4.72 Å². The minimum absolute atomic E-state index is 0.00215. The van der Waals surface area contributed by atoms with E-state index in [2.05, 4.69) is 9.71 Å². The molecule has 0 aliphatic rings. The molecular weight excluding hydrogens is 310 g/mol. The fraction of sp³-hybridized carbons (Fsp3) is 0.214. The van der Waals surface area contributed by atoms with Gasteiger partial charge < -0.3 is 5.73 Å². The van der Waals surface area contributed by atoms with Gasteiger partial charge in [-0.1, -0.05) is 17.7 Å². The summed E-state index contributed by atoms with van der Waals surface area (Å²) in [5, 5.41) is 0.134. The van der Waals surface area contributed by atoms with E-state index in [1.807, 2.05) is 13.0 Å². The Morgan fingerprint density at radius 3 is 2.52 bits per heavy atom. The molecule has 2 rings (SSSR count). The van der Waals surface area contributed by atoms with E-state index in [1.54, 1.807) is 25.1 Å². The third kappa shape index (κ3) is 3.72. The van der Waals surface area contributed by atoms with Gasteiger partial charge in [0.05, 0.1) is 5.02 Å². The van der Waals surface area contributed by atoms with Gasteiger partial charge in [0.1, 0.15) is 10.7 Å². The molecule has 0 saturated carbocycles. The summed E-state index contributed by atoms with van der Waals surface area (Å²) < 4.78 is 27.2. The molecule has 21 heavy (non-hydrogen) atoms. The summed E-state index contributed by atoms with van der Waals surface area (Å²) in [6.45, 7) is 3.97. The van der Waals surface area contributed by atoms with Crippen LogP contribution in [0.3, 0.4) is 0 Å². The summed E-state index contributed by atoms with van der Waals surface area (Å²) in [7, 11) is -3.79. The second-order valence-electron chi connectivity index (χ2n) is 4.75. The molecule has 0 spiro atoms. The molecule has 0 aliphatic carbocycles. The monoisotopic (exact) mass is 325 g/mol. The van der Waals surface area contributed by atoms with Crippen molar-refractivity contribution >= 4 is 27.4 Å². The van der Waals surface area contributed by atoms with E-state index in [4.69, 9.17) is 17.3 Å². The predicted molar refractivity (Wildman–Crippen MR) is 83.9 cm³/mol. The highest BCUT2D eigenvalue weighted by Gasteiger charge is 2.19. The number of anilines is 1. The Bertz CT molecular complexity index is 756. The van der Waals surface area contributed by atoms with Gasteiger partial charge >= 0.3 is 0 Å². The first-order valence-electron chi connectivity index (χ1n) is 6.28. The number of aromatic nitrogens is 1. The van der Waals surface area contributed by atoms with Crippen LogP contribution >= 0.6 is 11.6 Å². The average molecular weight is 326 g/mol. The number of hydrogen-bond donors (Lipinski definition) is 2. The lowest BCUT2D eigenvalue weighted by atomic mass is 10.2. The average Bonchev–Trinajstić information content (AvgIpc) is 2.36. The zero-order valence-corrected chi connectivity index (χ0v) is 13.3. The smallest absolute Gasteiger partial charge is 0.264 e. The van der Waals surface area contributed by atoms with Crippen LogP contribution in [0.1, 0.15) is 16.8 Å². The fourth-order valence-electron chi connectivity index (χ4n) is 1.98. The summed E-state index contributed by atoms with van der Waals surface area (Å²) >= 11 is 6.03. The molecule has 0 bridgehead atoms. The number of nitrogens with one attached hydrogen (secondary N) is 1. The first-order valence-corrected chi connectivity index (χ1v) is 8.14. The van der Waals surface area contributed by atoms with Crippen LogP contribution in [-0.4, -0.2) is 13.4 Å². The van der Waals surface area contributed by atoms with Gasteiger partial charge in [0.25, 0.3) is 10.0 Å². The van der Waals surface area contributed by atoms with Crippen molar-refractivity contribution in [3.8, 4) is 0 Å². The minimum Gasteiger partial charge on any atom is -0.326 e. The summed E-state index contributed by atoms with van der Waals surface area (Å²) in [5.41, 5.74) is 7.92. The van der Waals surface area contributed by atoms with E-state index in [0.29, 0.717) is 6.54 Å². The highest BCUT2D eigenvalue weighted by atomic mass is 35.5. The fourth-order valence-corrected chi connectivity index (χ4v) is 3.54. The SMILES string of the molecule is Cc1cc(C)nc(NS(=O)(=O)c2ccc(CN)cc2Cl)c1. The van der Waals surface area contributed by atoms with Crippen molar-refractivity contribution in [2.45, 2.75) is 25.3 Å². The molecule has 3 N–H and O–H groups in total. The Morgan fingerprint density at radius 1 is 1.24 bits per heavy atom. The van der Waals surface area contributed by atoms with Crippen molar-refractivity contribution in [1.82, 2.24) is 4.98 Å². The van der Waals surface area contributed by atoms with Crippen LogP contribution in [0, 0.1) is 13.8 Å². The molecule has 112 valence electrons. The van der Waals surface area contributed by atoms with E-state index in [-0.39, 0.29) is 15.7 Å². The van der Waals surface area contributed by atoms with E-state index in [1.165, 1.54) is 6.07 Å². The molecule has 0 atom stereocenters. The van der Waals surface area contributed by atoms with Crippen molar-refractivity contribution in [3.63, 3.8) is 0 Å². The highest BCUT2D eigenvalue weighted by molar-refractivity contribution is 7.92. The van der Waals surface area contributed by atoms with E-state index in [9.17, 15) is 8.42 Å². The van der Waals surface area contributed by atoms with Gasteiger partial charge in [-0.2, -0.15) is 0 Å². The van der Waals surface area contributed by atoms with Gasteiger partial charge in [-0.05, 0) is 49.2 Å². The predicted octanol–water partition coefficient (Wildman–Crippen LogP) is 2.61. The summed E-state index contributed by atoms with van der Waals surface area (Å²) in [5.74, 6) is 0.270. The van der Waals surface area contributed by atoms with Crippen LogP contribution in [0.4, 0.5) is 5.82 Å². The maximum Gasteiger partial charge on any atom is 0.264 e. The van der Waals surface area contributed by atoms with Crippen molar-refractivity contribution in [1.29, 1.82) is 0 Å². The van der Waals surface area contributed by atoms with Gasteiger partial charge in [-0.15, -0.1) is 0 Å². The number of hydrogen-bond acceptors (Lipinski definition) is 4. The molecule has 1 heterocycles. The van der Waals surface area contributed by atoms with E-state index >= 15 is 0 Å². The van der Waals surface area contributed by atoms with Crippen LogP contribution < -0.4 is 10.5 Å². The number of nitrogens with two attached hydrogens (primary N) is 1. The van der Waals surface area contributed by atoms with Gasteiger partial charge in [0.15, 0.2) is 0 Å². The Balaban J connectivity index is 2.38. The molecular formula is C14H16ClN3O2S. The second-order valence-corrected chi connectivity index (χ2v) is 6.80. The van der Waals surface area contributed by atoms with Crippen molar-refractivity contribution in [2.24, 2.45) is 5.73 Å². The normalized spacial score (nSPS) is 11.4. The molecule has 0 radical (unpaired) electrons. The zero-order chi connectivity index (χ0) is 15.6. The molecule has 1 aromatic heterocycles. The summed E-state index contributed by atoms with van der Waals surface area (Å²) in [6, 6.07) is 8.14. The van der Waals surface area contributed by atoms with E-state index < -0.39 is 10.0 Å². The molecule has 0 unspecified atom stereocenters. The number of halogens is 1. The van der Waals surface area contributed by atoms with Gasteiger partial charge in [0, 0.05) is 12.2 Å². The molecule has 0 amide bonds. The van der Waals surface area contributed by atoms with Gasteiger partial charge in [-0.25, -0.2) is 13.4 Å². The van der Waals surface area contributed by atoms with E-state index in [0.717, 1.165) is 16.8 Å².